The number of hydrogen-bond acceptors (Lipinski definition) is 2. The van der Waals surface area contributed by atoms with Crippen molar-refractivity contribution in [2.24, 2.45) is 11.3 Å². The lowest BCUT2D eigenvalue weighted by molar-refractivity contribution is -0.149. The van der Waals surface area contributed by atoms with Crippen LogP contribution in [0.25, 0.3) is 0 Å². The number of likely N-dealkylation sites (tertiary alicyclic amines) is 1. The van der Waals surface area contributed by atoms with E-state index in [1.165, 1.54) is 0 Å². The van der Waals surface area contributed by atoms with Gasteiger partial charge in [0.25, 0.3) is 5.91 Å². The molecule has 5 nitrogen and oxygen atoms in total. The van der Waals surface area contributed by atoms with Gasteiger partial charge in [-0.25, -0.2) is 0 Å². The molecule has 0 spiro atoms. The number of amides is 1. The first-order valence-electron chi connectivity index (χ1n) is 7.36. The molecule has 1 aromatic rings. The molecular weight excluding hydrogens is 336 g/mol. The van der Waals surface area contributed by atoms with Gasteiger partial charge in [-0.05, 0) is 47.7 Å². The summed E-state index contributed by atoms with van der Waals surface area (Å²) < 4.78 is 2.77. The Morgan fingerprint density at radius 3 is 2.90 bits per heavy atom. The zero-order chi connectivity index (χ0) is 15.2. The molecular formula is C15H19BrN2O3. The number of carbonyl (C=O) groups is 2. The smallest absolute Gasteiger partial charge is 0.311 e. The van der Waals surface area contributed by atoms with Crippen LogP contribution in [-0.4, -0.2) is 39.5 Å². The van der Waals surface area contributed by atoms with E-state index >= 15 is 0 Å². The highest BCUT2D eigenvalue weighted by Crippen LogP contribution is 2.49. The monoisotopic (exact) mass is 354 g/mol. The minimum absolute atomic E-state index is 0.0578. The highest BCUT2D eigenvalue weighted by atomic mass is 79.9. The van der Waals surface area contributed by atoms with Crippen molar-refractivity contribution < 1.29 is 14.7 Å². The fourth-order valence-electron chi connectivity index (χ4n) is 3.87. The predicted molar refractivity (Wildman–Crippen MR) is 81.1 cm³/mol. The minimum atomic E-state index is -0.743. The van der Waals surface area contributed by atoms with Crippen LogP contribution in [0.1, 0.15) is 36.7 Å². The molecule has 114 valence electrons. The lowest BCUT2D eigenvalue weighted by Gasteiger charge is -2.23. The first kappa shape index (κ1) is 14.6. The number of nitrogens with zero attached hydrogens (tertiary/aromatic N) is 2. The van der Waals surface area contributed by atoms with Crippen molar-refractivity contribution in [2.45, 2.75) is 32.7 Å². The van der Waals surface area contributed by atoms with Gasteiger partial charge in [0, 0.05) is 30.3 Å². The van der Waals surface area contributed by atoms with Crippen molar-refractivity contribution in [3.05, 3.63) is 22.4 Å². The Labute approximate surface area is 132 Å². The molecule has 1 amide bonds. The lowest BCUT2D eigenvalue weighted by atomic mass is 9.81. The molecule has 1 saturated heterocycles. The van der Waals surface area contributed by atoms with Crippen molar-refractivity contribution in [3.8, 4) is 0 Å². The van der Waals surface area contributed by atoms with Gasteiger partial charge in [0.15, 0.2) is 0 Å². The van der Waals surface area contributed by atoms with E-state index in [1.54, 1.807) is 4.90 Å². The van der Waals surface area contributed by atoms with Crippen LogP contribution in [0.3, 0.4) is 0 Å². The number of carboxylic acids is 1. The molecule has 0 bridgehead atoms. The van der Waals surface area contributed by atoms with Crippen LogP contribution in [0.2, 0.25) is 0 Å². The number of hydrogen-bond donors (Lipinski definition) is 1. The number of aryl methyl sites for hydroxylation is 1. The first-order chi connectivity index (χ1) is 9.98. The summed E-state index contributed by atoms with van der Waals surface area (Å²) in [4.78, 5) is 26.1. The van der Waals surface area contributed by atoms with Gasteiger partial charge in [0.2, 0.25) is 0 Å². The normalized spacial score (nSPS) is 27.9. The summed E-state index contributed by atoms with van der Waals surface area (Å²) in [5, 5.41) is 9.60. The van der Waals surface area contributed by atoms with Crippen molar-refractivity contribution >= 4 is 27.8 Å². The van der Waals surface area contributed by atoms with Crippen molar-refractivity contribution in [1.82, 2.24) is 9.47 Å². The third-order valence-corrected chi connectivity index (χ3v) is 5.44. The van der Waals surface area contributed by atoms with E-state index in [0.717, 1.165) is 17.3 Å². The Hall–Kier alpha value is -1.30. The van der Waals surface area contributed by atoms with E-state index in [4.69, 9.17) is 0 Å². The number of carbonyl (C=O) groups excluding carboxylic acids is 1. The number of fused-ring (bicyclic) bond motifs is 1. The van der Waals surface area contributed by atoms with Gasteiger partial charge in [-0.15, -0.1) is 0 Å². The molecule has 2 heterocycles. The van der Waals surface area contributed by atoms with Gasteiger partial charge in [-0.3, -0.25) is 9.59 Å². The topological polar surface area (TPSA) is 62.5 Å². The van der Waals surface area contributed by atoms with Crippen LogP contribution in [0, 0.1) is 11.3 Å². The van der Waals surface area contributed by atoms with Gasteiger partial charge >= 0.3 is 5.97 Å². The van der Waals surface area contributed by atoms with Crippen LogP contribution < -0.4 is 0 Å². The minimum Gasteiger partial charge on any atom is -0.481 e. The lowest BCUT2D eigenvalue weighted by Crippen LogP contribution is -2.37. The molecule has 1 saturated carbocycles. The molecule has 0 unspecified atom stereocenters. The summed E-state index contributed by atoms with van der Waals surface area (Å²) in [6, 6.07) is 1.81. The van der Waals surface area contributed by atoms with Gasteiger partial charge in [0.1, 0.15) is 5.69 Å². The van der Waals surface area contributed by atoms with Gasteiger partial charge < -0.3 is 14.6 Å². The molecule has 2 aliphatic rings. The number of aliphatic carboxylic acids is 1. The van der Waals surface area contributed by atoms with Crippen LogP contribution >= 0.6 is 15.9 Å². The Morgan fingerprint density at radius 1 is 1.52 bits per heavy atom. The van der Waals surface area contributed by atoms with Crippen LogP contribution in [0.5, 0.6) is 0 Å². The number of rotatable bonds is 3. The predicted octanol–water partition coefficient (Wildman–Crippen LogP) is 2.60. The molecule has 0 radical (unpaired) electrons. The Morgan fingerprint density at radius 2 is 2.29 bits per heavy atom. The molecule has 6 heteroatoms. The summed E-state index contributed by atoms with van der Waals surface area (Å²) in [5.74, 6) is -0.697. The average molecular weight is 355 g/mol. The van der Waals surface area contributed by atoms with Crippen molar-refractivity contribution in [3.63, 3.8) is 0 Å². The van der Waals surface area contributed by atoms with Crippen molar-refractivity contribution in [1.29, 1.82) is 0 Å². The van der Waals surface area contributed by atoms with Crippen LogP contribution in [0.4, 0.5) is 0 Å². The van der Waals surface area contributed by atoms with E-state index in [1.807, 2.05) is 23.8 Å². The molecule has 21 heavy (non-hydrogen) atoms. The van der Waals surface area contributed by atoms with E-state index in [-0.39, 0.29) is 11.8 Å². The third-order valence-electron chi connectivity index (χ3n) is 5.01. The zero-order valence-corrected chi connectivity index (χ0v) is 13.6. The number of carboxylic acid groups (broad SMARTS) is 1. The fourth-order valence-corrected chi connectivity index (χ4v) is 4.33. The molecule has 2 atom stereocenters. The Bertz CT molecular complexity index is 598. The van der Waals surface area contributed by atoms with Crippen molar-refractivity contribution in [2.75, 3.05) is 13.1 Å². The average Bonchev–Trinajstić information content (AvgIpc) is 3.08. The van der Waals surface area contributed by atoms with Crippen LogP contribution in [0.15, 0.2) is 16.7 Å². The fraction of sp³-hybridized carbons (Fsp3) is 0.600. The molecule has 2 fully saturated rings. The van der Waals surface area contributed by atoms with E-state index < -0.39 is 11.4 Å². The van der Waals surface area contributed by atoms with Gasteiger partial charge in [-0.1, -0.05) is 6.42 Å². The molecule has 1 aromatic heterocycles. The largest absolute Gasteiger partial charge is 0.481 e. The van der Waals surface area contributed by atoms with Gasteiger partial charge in [-0.2, -0.15) is 0 Å². The molecule has 0 aromatic carbocycles. The summed E-state index contributed by atoms with van der Waals surface area (Å²) in [6.45, 7) is 3.62. The quantitative estimate of drug-likeness (QED) is 0.907. The summed E-state index contributed by atoms with van der Waals surface area (Å²) in [5.41, 5.74) is -0.0823. The summed E-state index contributed by atoms with van der Waals surface area (Å²) in [7, 11) is 0. The zero-order valence-electron chi connectivity index (χ0n) is 12.0. The highest BCUT2D eigenvalue weighted by Gasteiger charge is 2.55. The highest BCUT2D eigenvalue weighted by molar-refractivity contribution is 9.10. The second kappa shape index (κ2) is 5.16. The Balaban J connectivity index is 1.86. The SMILES string of the molecule is CCn1cc(Br)cc1C(=O)N1C[C@@H]2CCC[C@@]2(C(=O)O)C1. The standard InChI is InChI=1S/C15H19BrN2O3/c1-2-17-8-11(16)6-12(17)13(19)18-7-10-4-3-5-15(10,9-18)14(20)21/h6,8,10H,2-5,7,9H2,1H3,(H,20,21)/t10-,15+/m0/s1. The maximum absolute atomic E-state index is 12.7. The maximum Gasteiger partial charge on any atom is 0.311 e. The molecule has 1 aliphatic carbocycles. The van der Waals surface area contributed by atoms with E-state index in [2.05, 4.69) is 15.9 Å². The Kier molecular flexibility index (Phi) is 3.59. The maximum atomic E-state index is 12.7. The number of aromatic nitrogens is 1. The second-order valence-electron chi connectivity index (χ2n) is 6.07. The number of halogens is 1. The second-order valence-corrected chi connectivity index (χ2v) is 6.98. The van der Waals surface area contributed by atoms with E-state index in [9.17, 15) is 14.7 Å². The third kappa shape index (κ3) is 2.20. The molecule has 3 rings (SSSR count). The molecule has 1 N–H and O–H groups in total. The first-order valence-corrected chi connectivity index (χ1v) is 8.15. The summed E-state index contributed by atoms with van der Waals surface area (Å²) >= 11 is 3.40. The summed E-state index contributed by atoms with van der Waals surface area (Å²) in [6.07, 6.45) is 4.44. The van der Waals surface area contributed by atoms with Gasteiger partial charge in [0.05, 0.1) is 5.41 Å². The van der Waals surface area contributed by atoms with E-state index in [0.29, 0.717) is 31.7 Å². The molecule has 1 aliphatic heterocycles. The van der Waals surface area contributed by atoms with Crippen LogP contribution in [-0.2, 0) is 11.3 Å².